The topological polar surface area (TPSA) is 105 Å². The number of hydrogen-bond acceptors (Lipinski definition) is 4. The molecule has 7 nitrogen and oxygen atoms in total. The highest BCUT2D eigenvalue weighted by molar-refractivity contribution is 5.99. The monoisotopic (exact) mass is 292 g/mol. The van der Waals surface area contributed by atoms with Crippen LogP contribution >= 0.6 is 0 Å². The lowest BCUT2D eigenvalue weighted by molar-refractivity contribution is -0.137. The fourth-order valence-corrected chi connectivity index (χ4v) is 1.94. The molecular formula is C14H16N2O5. The Bertz CT molecular complexity index is 585. The number of carbonyl (C=O) groups is 3. The lowest BCUT2D eigenvalue weighted by Crippen LogP contribution is -2.33. The van der Waals surface area contributed by atoms with E-state index >= 15 is 0 Å². The van der Waals surface area contributed by atoms with E-state index in [4.69, 9.17) is 9.84 Å². The van der Waals surface area contributed by atoms with Gasteiger partial charge < -0.3 is 20.5 Å². The molecule has 112 valence electrons. The second-order valence-corrected chi connectivity index (χ2v) is 4.85. The summed E-state index contributed by atoms with van der Waals surface area (Å²) >= 11 is 0. The zero-order valence-corrected chi connectivity index (χ0v) is 11.5. The van der Waals surface area contributed by atoms with E-state index in [-0.39, 0.29) is 30.9 Å². The maximum atomic E-state index is 12.0. The first-order chi connectivity index (χ1) is 9.95. The number of benzene rings is 1. The quantitative estimate of drug-likeness (QED) is 0.751. The smallest absolute Gasteiger partial charge is 0.303 e. The Labute approximate surface area is 121 Å². The minimum Gasteiger partial charge on any atom is -0.482 e. The van der Waals surface area contributed by atoms with Crippen molar-refractivity contribution >= 4 is 23.5 Å². The van der Waals surface area contributed by atoms with Crippen LogP contribution in [-0.4, -0.2) is 35.5 Å². The normalized spacial score (nSPS) is 14.4. The van der Waals surface area contributed by atoms with Gasteiger partial charge in [-0.3, -0.25) is 14.4 Å². The van der Waals surface area contributed by atoms with Crippen LogP contribution in [0.25, 0.3) is 0 Å². The predicted molar refractivity (Wildman–Crippen MR) is 74.4 cm³/mol. The van der Waals surface area contributed by atoms with Crippen molar-refractivity contribution in [2.24, 2.45) is 0 Å². The Morgan fingerprint density at radius 3 is 2.95 bits per heavy atom. The highest BCUT2D eigenvalue weighted by atomic mass is 16.5. The minimum atomic E-state index is -0.894. The van der Waals surface area contributed by atoms with Crippen molar-refractivity contribution in [1.82, 2.24) is 5.32 Å². The van der Waals surface area contributed by atoms with Crippen molar-refractivity contribution < 1.29 is 24.2 Å². The van der Waals surface area contributed by atoms with Crippen LogP contribution in [0, 0.1) is 0 Å². The SMILES string of the molecule is CC(CCC(=O)O)NC(=O)c1ccc2c(c1)OCC(=O)N2. The summed E-state index contributed by atoms with van der Waals surface area (Å²) < 4.78 is 5.24. The molecule has 0 aromatic heterocycles. The fraction of sp³-hybridized carbons (Fsp3) is 0.357. The molecule has 0 saturated carbocycles. The lowest BCUT2D eigenvalue weighted by atomic mass is 10.1. The Kier molecular flexibility index (Phi) is 4.42. The van der Waals surface area contributed by atoms with Crippen LogP contribution in [0.15, 0.2) is 18.2 Å². The number of amides is 2. The molecule has 0 spiro atoms. The molecule has 0 aliphatic carbocycles. The van der Waals surface area contributed by atoms with Crippen molar-refractivity contribution in [2.45, 2.75) is 25.8 Å². The third kappa shape index (κ3) is 3.95. The van der Waals surface area contributed by atoms with Gasteiger partial charge in [0.25, 0.3) is 11.8 Å². The van der Waals surface area contributed by atoms with Crippen molar-refractivity contribution in [2.75, 3.05) is 11.9 Å². The Hall–Kier alpha value is -2.57. The number of carbonyl (C=O) groups excluding carboxylic acids is 2. The third-order valence-electron chi connectivity index (χ3n) is 3.05. The van der Waals surface area contributed by atoms with E-state index in [9.17, 15) is 14.4 Å². The van der Waals surface area contributed by atoms with Crippen LogP contribution in [-0.2, 0) is 9.59 Å². The standard InChI is InChI=1S/C14H16N2O5/c1-8(2-5-13(18)19)15-14(20)9-3-4-10-11(6-9)21-7-12(17)16-10/h3-4,6,8H,2,5,7H2,1H3,(H,15,20)(H,16,17)(H,18,19). The zero-order valence-electron chi connectivity index (χ0n) is 11.5. The lowest BCUT2D eigenvalue weighted by Gasteiger charge is -2.19. The molecule has 21 heavy (non-hydrogen) atoms. The number of carboxylic acid groups (broad SMARTS) is 1. The van der Waals surface area contributed by atoms with Crippen molar-refractivity contribution in [3.05, 3.63) is 23.8 Å². The average Bonchev–Trinajstić information content (AvgIpc) is 2.44. The van der Waals surface area contributed by atoms with E-state index in [1.165, 1.54) is 0 Å². The molecule has 1 atom stereocenters. The van der Waals surface area contributed by atoms with Gasteiger partial charge in [-0.1, -0.05) is 0 Å². The van der Waals surface area contributed by atoms with Crippen LogP contribution in [0.4, 0.5) is 5.69 Å². The second kappa shape index (κ2) is 6.25. The third-order valence-corrected chi connectivity index (χ3v) is 3.05. The molecular weight excluding hydrogens is 276 g/mol. The van der Waals surface area contributed by atoms with Crippen molar-refractivity contribution in [1.29, 1.82) is 0 Å². The first-order valence-electron chi connectivity index (χ1n) is 6.55. The van der Waals surface area contributed by atoms with Gasteiger partial charge in [-0.2, -0.15) is 0 Å². The first kappa shape index (κ1) is 14.8. The summed E-state index contributed by atoms with van der Waals surface area (Å²) in [5.74, 6) is -0.993. The number of fused-ring (bicyclic) bond motifs is 1. The van der Waals surface area contributed by atoms with Gasteiger partial charge in [0.1, 0.15) is 5.75 Å². The number of rotatable bonds is 5. The molecule has 0 saturated heterocycles. The highest BCUT2D eigenvalue weighted by Crippen LogP contribution is 2.28. The zero-order chi connectivity index (χ0) is 15.4. The number of ether oxygens (including phenoxy) is 1. The van der Waals surface area contributed by atoms with Crippen LogP contribution < -0.4 is 15.4 Å². The van der Waals surface area contributed by atoms with Crippen LogP contribution in [0.5, 0.6) is 5.75 Å². The fourth-order valence-electron chi connectivity index (χ4n) is 1.94. The maximum Gasteiger partial charge on any atom is 0.303 e. The summed E-state index contributed by atoms with van der Waals surface area (Å²) in [7, 11) is 0. The van der Waals surface area contributed by atoms with Crippen LogP contribution in [0.2, 0.25) is 0 Å². The summed E-state index contributed by atoms with van der Waals surface area (Å²) in [6, 6.07) is 4.48. The maximum absolute atomic E-state index is 12.0. The van der Waals surface area contributed by atoms with E-state index < -0.39 is 5.97 Å². The number of carboxylic acids is 1. The molecule has 0 radical (unpaired) electrons. The van der Waals surface area contributed by atoms with Gasteiger partial charge in [0.05, 0.1) is 5.69 Å². The van der Waals surface area contributed by atoms with Gasteiger partial charge in [-0.05, 0) is 31.5 Å². The van der Waals surface area contributed by atoms with Gasteiger partial charge in [0.15, 0.2) is 6.61 Å². The molecule has 1 aliphatic heterocycles. The van der Waals surface area contributed by atoms with E-state index in [0.717, 1.165) is 0 Å². The average molecular weight is 292 g/mol. The molecule has 1 aromatic carbocycles. The highest BCUT2D eigenvalue weighted by Gasteiger charge is 2.18. The van der Waals surface area contributed by atoms with Gasteiger partial charge >= 0.3 is 5.97 Å². The van der Waals surface area contributed by atoms with Gasteiger partial charge in [-0.15, -0.1) is 0 Å². The number of anilines is 1. The molecule has 7 heteroatoms. The Morgan fingerprint density at radius 2 is 2.24 bits per heavy atom. The largest absolute Gasteiger partial charge is 0.482 e. The van der Waals surface area contributed by atoms with Gasteiger partial charge in [0.2, 0.25) is 0 Å². The predicted octanol–water partition coefficient (Wildman–Crippen LogP) is 1.00. The Morgan fingerprint density at radius 1 is 1.48 bits per heavy atom. The molecule has 1 aliphatic rings. The number of aliphatic carboxylic acids is 1. The Balaban J connectivity index is 2.00. The minimum absolute atomic E-state index is 0.000771. The molecule has 3 N–H and O–H groups in total. The van der Waals surface area contributed by atoms with Crippen molar-refractivity contribution in [3.8, 4) is 5.75 Å². The van der Waals surface area contributed by atoms with E-state index in [1.54, 1.807) is 25.1 Å². The molecule has 1 unspecified atom stereocenters. The van der Waals surface area contributed by atoms with Crippen molar-refractivity contribution in [3.63, 3.8) is 0 Å². The first-order valence-corrected chi connectivity index (χ1v) is 6.55. The summed E-state index contributed by atoms with van der Waals surface area (Å²) in [4.78, 5) is 33.7. The van der Waals surface area contributed by atoms with E-state index in [1.807, 2.05) is 0 Å². The molecule has 2 rings (SSSR count). The summed E-state index contributed by atoms with van der Waals surface area (Å²) in [6.07, 6.45) is 0.360. The van der Waals surface area contributed by atoms with Gasteiger partial charge in [-0.25, -0.2) is 0 Å². The second-order valence-electron chi connectivity index (χ2n) is 4.85. The summed E-state index contributed by atoms with van der Waals surface area (Å²) in [5.41, 5.74) is 0.925. The molecule has 1 aromatic rings. The van der Waals surface area contributed by atoms with Crippen LogP contribution in [0.3, 0.4) is 0 Å². The molecule has 0 bridgehead atoms. The molecule has 0 fully saturated rings. The molecule has 1 heterocycles. The van der Waals surface area contributed by atoms with E-state index in [2.05, 4.69) is 10.6 Å². The van der Waals surface area contributed by atoms with Crippen LogP contribution in [0.1, 0.15) is 30.1 Å². The van der Waals surface area contributed by atoms with Gasteiger partial charge in [0, 0.05) is 18.0 Å². The summed E-state index contributed by atoms with van der Waals surface area (Å²) in [5, 5.41) is 14.0. The summed E-state index contributed by atoms with van der Waals surface area (Å²) in [6.45, 7) is 1.67. The van der Waals surface area contributed by atoms with E-state index in [0.29, 0.717) is 23.4 Å². The molecule has 2 amide bonds. The number of hydrogen-bond donors (Lipinski definition) is 3. The number of nitrogens with one attached hydrogen (secondary N) is 2.